The molecule has 3 aromatic rings. The molecule has 152 valence electrons. The van der Waals surface area contributed by atoms with E-state index in [1.54, 1.807) is 12.1 Å². The SMILES string of the molecule is COC(=O)Cn1c(=NS(=O)(=O)c2ccc(Cl)cc2)sc2cc(C(=O)OC)ccc21. The van der Waals surface area contributed by atoms with Crippen molar-refractivity contribution in [2.45, 2.75) is 11.4 Å². The van der Waals surface area contributed by atoms with Crippen molar-refractivity contribution in [3.63, 3.8) is 0 Å². The van der Waals surface area contributed by atoms with Crippen molar-refractivity contribution in [3.05, 3.63) is 57.9 Å². The third-order valence-electron chi connectivity index (χ3n) is 3.93. The fourth-order valence-corrected chi connectivity index (χ4v) is 4.89. The van der Waals surface area contributed by atoms with Gasteiger partial charge in [-0.1, -0.05) is 22.9 Å². The second kappa shape index (κ2) is 8.36. The van der Waals surface area contributed by atoms with Gasteiger partial charge in [-0.3, -0.25) is 4.79 Å². The molecule has 2 aromatic carbocycles. The second-order valence-electron chi connectivity index (χ2n) is 5.74. The van der Waals surface area contributed by atoms with Gasteiger partial charge in [-0.2, -0.15) is 8.42 Å². The molecule has 11 heteroatoms. The Kier molecular flexibility index (Phi) is 6.06. The Morgan fingerprint density at radius 1 is 1.10 bits per heavy atom. The van der Waals surface area contributed by atoms with Crippen molar-refractivity contribution in [2.75, 3.05) is 14.2 Å². The Morgan fingerprint density at radius 2 is 1.79 bits per heavy atom. The molecule has 0 aliphatic rings. The maximum Gasteiger partial charge on any atom is 0.337 e. The van der Waals surface area contributed by atoms with E-state index < -0.39 is 22.0 Å². The first kappa shape index (κ1) is 21.0. The van der Waals surface area contributed by atoms with E-state index in [0.717, 1.165) is 11.3 Å². The zero-order valence-corrected chi connectivity index (χ0v) is 17.7. The molecule has 0 saturated heterocycles. The minimum absolute atomic E-state index is 0.0424. The highest BCUT2D eigenvalue weighted by Gasteiger charge is 2.17. The molecule has 29 heavy (non-hydrogen) atoms. The number of thiazole rings is 1. The minimum Gasteiger partial charge on any atom is -0.468 e. The lowest BCUT2D eigenvalue weighted by molar-refractivity contribution is -0.141. The predicted octanol–water partition coefficient (Wildman–Crippen LogP) is 2.61. The van der Waals surface area contributed by atoms with Crippen molar-refractivity contribution >= 4 is 55.1 Å². The average molecular weight is 455 g/mol. The van der Waals surface area contributed by atoms with Gasteiger partial charge >= 0.3 is 11.9 Å². The molecular weight excluding hydrogens is 440 g/mol. The first-order valence-corrected chi connectivity index (χ1v) is 10.7. The molecule has 1 aromatic heterocycles. The molecule has 0 aliphatic carbocycles. The number of carbonyl (C=O) groups is 2. The maximum atomic E-state index is 12.7. The lowest BCUT2D eigenvalue weighted by atomic mass is 10.2. The molecule has 0 fully saturated rings. The lowest BCUT2D eigenvalue weighted by Gasteiger charge is -2.05. The zero-order chi connectivity index (χ0) is 21.2. The fourth-order valence-electron chi connectivity index (χ4n) is 2.50. The van der Waals surface area contributed by atoms with Gasteiger partial charge in [0.2, 0.25) is 4.80 Å². The van der Waals surface area contributed by atoms with E-state index in [4.69, 9.17) is 21.1 Å². The summed E-state index contributed by atoms with van der Waals surface area (Å²) in [6.07, 6.45) is 0. The van der Waals surface area contributed by atoms with Crippen LogP contribution >= 0.6 is 22.9 Å². The van der Waals surface area contributed by atoms with Gasteiger partial charge < -0.3 is 14.0 Å². The standard InChI is InChI=1S/C18H15ClN2O6S2/c1-26-16(22)10-21-14-8-3-11(17(23)27-2)9-15(14)28-18(21)20-29(24,25)13-6-4-12(19)5-7-13/h3-9H,10H2,1-2H3. The van der Waals surface area contributed by atoms with Crippen LogP contribution in [0.3, 0.4) is 0 Å². The summed E-state index contributed by atoms with van der Waals surface area (Å²) in [6, 6.07) is 10.2. The predicted molar refractivity (Wildman–Crippen MR) is 107 cm³/mol. The Labute approximate surface area is 175 Å². The van der Waals surface area contributed by atoms with Gasteiger partial charge in [-0.15, -0.1) is 4.40 Å². The van der Waals surface area contributed by atoms with Gasteiger partial charge in [-0.25, -0.2) is 4.79 Å². The van der Waals surface area contributed by atoms with Gasteiger partial charge in [0.25, 0.3) is 10.0 Å². The molecule has 0 spiro atoms. The smallest absolute Gasteiger partial charge is 0.337 e. The summed E-state index contributed by atoms with van der Waals surface area (Å²) < 4.78 is 40.7. The number of esters is 2. The fraction of sp³-hybridized carbons (Fsp3) is 0.167. The summed E-state index contributed by atoms with van der Waals surface area (Å²) >= 11 is 6.83. The number of halogens is 1. The molecule has 8 nitrogen and oxygen atoms in total. The highest BCUT2D eigenvalue weighted by Crippen LogP contribution is 2.21. The number of aromatic nitrogens is 1. The van der Waals surface area contributed by atoms with Crippen molar-refractivity contribution in [1.29, 1.82) is 0 Å². The monoisotopic (exact) mass is 454 g/mol. The summed E-state index contributed by atoms with van der Waals surface area (Å²) in [5.74, 6) is -1.11. The van der Waals surface area contributed by atoms with Crippen LogP contribution in [0, 0.1) is 0 Å². The summed E-state index contributed by atoms with van der Waals surface area (Å²) in [7, 11) is -1.57. The normalized spacial score (nSPS) is 12.2. The number of hydrogen-bond acceptors (Lipinski definition) is 7. The Balaban J connectivity index is 2.22. The molecule has 0 radical (unpaired) electrons. The molecule has 3 rings (SSSR count). The largest absolute Gasteiger partial charge is 0.468 e. The van der Waals surface area contributed by atoms with Crippen LogP contribution in [-0.2, 0) is 30.8 Å². The van der Waals surface area contributed by atoms with Gasteiger partial charge in [0.05, 0.1) is 34.9 Å². The number of rotatable bonds is 5. The molecule has 0 unspecified atom stereocenters. The first-order valence-electron chi connectivity index (χ1n) is 8.10. The summed E-state index contributed by atoms with van der Waals surface area (Å²) in [4.78, 5) is 23.7. The van der Waals surface area contributed by atoms with Crippen LogP contribution in [0.25, 0.3) is 10.2 Å². The van der Waals surface area contributed by atoms with Crippen LogP contribution in [0.5, 0.6) is 0 Å². The zero-order valence-electron chi connectivity index (χ0n) is 15.3. The first-order chi connectivity index (χ1) is 13.7. The van der Waals surface area contributed by atoms with E-state index in [2.05, 4.69) is 4.40 Å². The number of hydrogen-bond donors (Lipinski definition) is 0. The Bertz CT molecular complexity index is 1260. The van der Waals surface area contributed by atoms with E-state index in [9.17, 15) is 18.0 Å². The number of carbonyl (C=O) groups excluding carboxylic acids is 2. The number of methoxy groups -OCH3 is 2. The molecule has 0 amide bonds. The lowest BCUT2D eigenvalue weighted by Crippen LogP contribution is -2.22. The van der Waals surface area contributed by atoms with E-state index in [1.165, 1.54) is 49.1 Å². The number of ether oxygens (including phenoxy) is 2. The highest BCUT2D eigenvalue weighted by molar-refractivity contribution is 7.90. The van der Waals surface area contributed by atoms with Gasteiger partial charge in [0.15, 0.2) is 0 Å². The second-order valence-corrected chi connectivity index (χ2v) is 8.79. The highest BCUT2D eigenvalue weighted by atomic mass is 35.5. The van der Waals surface area contributed by atoms with Crippen molar-refractivity contribution in [1.82, 2.24) is 4.57 Å². The quantitative estimate of drug-likeness (QED) is 0.549. The summed E-state index contributed by atoms with van der Waals surface area (Å²) in [5.41, 5.74) is 0.816. The molecule has 0 bridgehead atoms. The van der Waals surface area contributed by atoms with Gasteiger partial charge in [0, 0.05) is 5.02 Å². The van der Waals surface area contributed by atoms with E-state index in [1.807, 2.05) is 0 Å². The van der Waals surface area contributed by atoms with E-state index in [-0.39, 0.29) is 16.2 Å². The number of sulfonamides is 1. The number of fused-ring (bicyclic) bond motifs is 1. The third-order valence-corrected chi connectivity index (χ3v) is 6.62. The van der Waals surface area contributed by atoms with Gasteiger partial charge in [0.1, 0.15) is 6.54 Å². The Morgan fingerprint density at radius 3 is 2.41 bits per heavy atom. The van der Waals surface area contributed by atoms with Crippen LogP contribution in [0.2, 0.25) is 5.02 Å². The van der Waals surface area contributed by atoms with Gasteiger partial charge in [-0.05, 0) is 42.5 Å². The molecule has 0 N–H and O–H groups in total. The third kappa shape index (κ3) is 4.50. The van der Waals surface area contributed by atoms with Crippen LogP contribution < -0.4 is 4.80 Å². The molecule has 0 saturated carbocycles. The molecule has 0 aliphatic heterocycles. The van der Waals surface area contributed by atoms with E-state index in [0.29, 0.717) is 20.8 Å². The van der Waals surface area contributed by atoms with Crippen LogP contribution in [0.15, 0.2) is 51.8 Å². The van der Waals surface area contributed by atoms with Crippen LogP contribution in [-0.4, -0.2) is 39.1 Å². The van der Waals surface area contributed by atoms with Crippen LogP contribution in [0.4, 0.5) is 0 Å². The maximum absolute atomic E-state index is 12.7. The topological polar surface area (TPSA) is 104 Å². The molecular formula is C18H15ClN2O6S2. The minimum atomic E-state index is -4.06. The van der Waals surface area contributed by atoms with Crippen LogP contribution in [0.1, 0.15) is 10.4 Å². The van der Waals surface area contributed by atoms with E-state index >= 15 is 0 Å². The van der Waals surface area contributed by atoms with Crippen molar-refractivity contribution in [3.8, 4) is 0 Å². The number of nitrogens with zero attached hydrogens (tertiary/aromatic N) is 2. The summed E-state index contributed by atoms with van der Waals surface area (Å²) in [6.45, 7) is -0.247. The summed E-state index contributed by atoms with van der Waals surface area (Å²) in [5, 5.41) is 0.391. The van der Waals surface area contributed by atoms with Crippen molar-refractivity contribution in [2.24, 2.45) is 4.40 Å². The average Bonchev–Trinajstić information content (AvgIpc) is 3.03. The molecule has 0 atom stereocenters. The Hall–Kier alpha value is -2.69. The van der Waals surface area contributed by atoms with Crippen molar-refractivity contribution < 1.29 is 27.5 Å². The molecule has 1 heterocycles. The number of benzene rings is 2.